The molecule has 0 saturated carbocycles. The third kappa shape index (κ3) is 3.97. The molecule has 1 aliphatic heterocycles. The Morgan fingerprint density at radius 3 is 2.61 bits per heavy atom. The van der Waals surface area contributed by atoms with Crippen molar-refractivity contribution < 1.29 is 4.79 Å². The summed E-state index contributed by atoms with van der Waals surface area (Å²) in [7, 11) is 0. The molecule has 1 fully saturated rings. The van der Waals surface area contributed by atoms with Crippen molar-refractivity contribution in [1.29, 1.82) is 0 Å². The van der Waals surface area contributed by atoms with Gasteiger partial charge in [0, 0.05) is 63.6 Å². The molecule has 3 heterocycles. The molecule has 3 rings (SSSR count). The van der Waals surface area contributed by atoms with Gasteiger partial charge in [-0.3, -0.25) is 0 Å². The van der Waals surface area contributed by atoms with Crippen molar-refractivity contribution in [3.63, 3.8) is 0 Å². The molecule has 23 heavy (non-hydrogen) atoms. The van der Waals surface area contributed by atoms with E-state index in [0.717, 1.165) is 19.0 Å². The van der Waals surface area contributed by atoms with Gasteiger partial charge in [-0.25, -0.2) is 19.7 Å². The zero-order valence-electron chi connectivity index (χ0n) is 13.2. The van der Waals surface area contributed by atoms with Gasteiger partial charge >= 0.3 is 6.03 Å². The van der Waals surface area contributed by atoms with Crippen molar-refractivity contribution in [2.75, 3.05) is 31.1 Å². The first-order chi connectivity index (χ1) is 11.2. The smallest absolute Gasteiger partial charge is 0.317 e. The second-order valence-corrected chi connectivity index (χ2v) is 5.63. The van der Waals surface area contributed by atoms with E-state index in [1.807, 2.05) is 22.6 Å². The zero-order chi connectivity index (χ0) is 16.1. The first kappa shape index (κ1) is 15.3. The summed E-state index contributed by atoms with van der Waals surface area (Å²) in [5.41, 5.74) is 0. The van der Waals surface area contributed by atoms with Gasteiger partial charge in [0.05, 0.1) is 6.33 Å². The van der Waals surface area contributed by atoms with Crippen molar-refractivity contribution in [3.8, 4) is 0 Å². The molecule has 122 valence electrons. The molecule has 1 atom stereocenters. The van der Waals surface area contributed by atoms with Crippen molar-refractivity contribution in [3.05, 3.63) is 37.2 Å². The van der Waals surface area contributed by atoms with Gasteiger partial charge in [0.2, 0.25) is 5.95 Å². The fourth-order valence-corrected chi connectivity index (χ4v) is 2.62. The fraction of sp³-hybridized carbons (Fsp3) is 0.467. The highest BCUT2D eigenvalue weighted by atomic mass is 16.2. The van der Waals surface area contributed by atoms with E-state index in [9.17, 15) is 4.79 Å². The third-order valence-corrected chi connectivity index (χ3v) is 3.82. The Morgan fingerprint density at radius 1 is 1.22 bits per heavy atom. The van der Waals surface area contributed by atoms with E-state index in [2.05, 4.69) is 25.2 Å². The number of piperazine rings is 1. The molecule has 2 aromatic rings. The number of urea groups is 1. The molecule has 2 aromatic heterocycles. The molecule has 1 aliphatic rings. The maximum atomic E-state index is 12.3. The minimum Gasteiger partial charge on any atom is -0.337 e. The molecule has 1 saturated heterocycles. The second-order valence-electron chi connectivity index (χ2n) is 5.63. The van der Waals surface area contributed by atoms with E-state index in [0.29, 0.717) is 19.6 Å². The highest BCUT2D eigenvalue weighted by molar-refractivity contribution is 5.74. The molecule has 0 bridgehead atoms. The maximum absolute atomic E-state index is 12.3. The Kier molecular flexibility index (Phi) is 4.70. The highest BCUT2D eigenvalue weighted by Crippen LogP contribution is 2.09. The standard InChI is InChI=1S/C15H21N7O/c1-13(11-20-6-5-16-12-20)19-15(23)22-9-7-21(8-10-22)14-17-3-2-4-18-14/h2-6,12-13H,7-11H2,1H3,(H,19,23). The first-order valence-electron chi connectivity index (χ1n) is 7.75. The van der Waals surface area contributed by atoms with Gasteiger partial charge < -0.3 is 19.7 Å². The molecular weight excluding hydrogens is 294 g/mol. The SMILES string of the molecule is CC(Cn1ccnc1)NC(=O)N1CCN(c2ncccn2)CC1. The second kappa shape index (κ2) is 7.08. The largest absolute Gasteiger partial charge is 0.337 e. The number of imidazole rings is 1. The molecule has 0 aliphatic carbocycles. The van der Waals surface area contributed by atoms with Crippen LogP contribution in [0.25, 0.3) is 0 Å². The number of carbonyl (C=O) groups is 1. The van der Waals surface area contributed by atoms with E-state index in [1.54, 1.807) is 31.0 Å². The van der Waals surface area contributed by atoms with Crippen molar-refractivity contribution in [2.24, 2.45) is 0 Å². The quantitative estimate of drug-likeness (QED) is 0.893. The number of rotatable bonds is 4. The lowest BCUT2D eigenvalue weighted by Crippen LogP contribution is -2.53. The average Bonchev–Trinajstić information content (AvgIpc) is 3.08. The Bertz CT molecular complexity index is 608. The van der Waals surface area contributed by atoms with Gasteiger partial charge in [0.15, 0.2) is 0 Å². The van der Waals surface area contributed by atoms with E-state index in [1.165, 1.54) is 0 Å². The lowest BCUT2D eigenvalue weighted by atomic mass is 10.3. The summed E-state index contributed by atoms with van der Waals surface area (Å²) in [6.45, 7) is 5.53. The van der Waals surface area contributed by atoms with Gasteiger partial charge in [-0.1, -0.05) is 0 Å². The summed E-state index contributed by atoms with van der Waals surface area (Å²) in [4.78, 5) is 28.8. The van der Waals surface area contributed by atoms with Crippen LogP contribution in [0.3, 0.4) is 0 Å². The predicted octanol–water partition coefficient (Wildman–Crippen LogP) is 0.593. The van der Waals surface area contributed by atoms with Crippen molar-refractivity contribution >= 4 is 12.0 Å². The molecule has 1 unspecified atom stereocenters. The molecule has 8 heteroatoms. The Hall–Kier alpha value is -2.64. The summed E-state index contributed by atoms with van der Waals surface area (Å²) in [6, 6.07) is 1.83. The number of hydrogen-bond donors (Lipinski definition) is 1. The highest BCUT2D eigenvalue weighted by Gasteiger charge is 2.23. The topological polar surface area (TPSA) is 79.2 Å². The van der Waals surface area contributed by atoms with Crippen LogP contribution in [-0.2, 0) is 6.54 Å². The molecule has 0 spiro atoms. The van der Waals surface area contributed by atoms with E-state index in [-0.39, 0.29) is 12.1 Å². The van der Waals surface area contributed by atoms with Crippen LogP contribution in [0.4, 0.5) is 10.7 Å². The van der Waals surface area contributed by atoms with Crippen LogP contribution in [0.1, 0.15) is 6.92 Å². The predicted molar refractivity (Wildman–Crippen MR) is 86.0 cm³/mol. The monoisotopic (exact) mass is 315 g/mol. The first-order valence-corrected chi connectivity index (χ1v) is 7.75. The van der Waals surface area contributed by atoms with Crippen LogP contribution in [0, 0.1) is 0 Å². The summed E-state index contributed by atoms with van der Waals surface area (Å²) in [5.74, 6) is 0.723. The fourth-order valence-electron chi connectivity index (χ4n) is 2.62. The summed E-state index contributed by atoms with van der Waals surface area (Å²) in [6.07, 6.45) is 8.85. The van der Waals surface area contributed by atoms with Crippen molar-refractivity contribution in [2.45, 2.75) is 19.5 Å². The normalized spacial score (nSPS) is 16.2. The molecule has 2 amide bonds. The minimum absolute atomic E-state index is 0.0220. The summed E-state index contributed by atoms with van der Waals surface area (Å²) in [5, 5.41) is 3.03. The van der Waals surface area contributed by atoms with Gasteiger partial charge in [-0.2, -0.15) is 0 Å². The Balaban J connectivity index is 1.46. The lowest BCUT2D eigenvalue weighted by Gasteiger charge is -2.35. The van der Waals surface area contributed by atoms with Crippen LogP contribution >= 0.6 is 0 Å². The van der Waals surface area contributed by atoms with E-state index in [4.69, 9.17) is 0 Å². The Labute approximate surface area is 135 Å². The van der Waals surface area contributed by atoms with Gasteiger partial charge in [0.1, 0.15) is 0 Å². The molecule has 0 aromatic carbocycles. The number of nitrogens with one attached hydrogen (secondary N) is 1. The number of amides is 2. The van der Waals surface area contributed by atoms with Gasteiger partial charge in [-0.05, 0) is 13.0 Å². The molecule has 0 radical (unpaired) electrons. The molecule has 8 nitrogen and oxygen atoms in total. The average molecular weight is 315 g/mol. The van der Waals surface area contributed by atoms with E-state index < -0.39 is 0 Å². The van der Waals surface area contributed by atoms with Crippen LogP contribution in [0.15, 0.2) is 37.2 Å². The zero-order valence-corrected chi connectivity index (χ0v) is 13.2. The van der Waals surface area contributed by atoms with Crippen LogP contribution in [0.5, 0.6) is 0 Å². The number of nitrogens with zero attached hydrogens (tertiary/aromatic N) is 6. The number of hydrogen-bond acceptors (Lipinski definition) is 5. The lowest BCUT2D eigenvalue weighted by molar-refractivity contribution is 0.189. The third-order valence-electron chi connectivity index (χ3n) is 3.82. The molecular formula is C15H21N7O. The Morgan fingerprint density at radius 2 is 1.96 bits per heavy atom. The van der Waals surface area contributed by atoms with Crippen LogP contribution in [0.2, 0.25) is 0 Å². The number of carbonyl (C=O) groups excluding carboxylic acids is 1. The van der Waals surface area contributed by atoms with Gasteiger partial charge in [-0.15, -0.1) is 0 Å². The summed E-state index contributed by atoms with van der Waals surface area (Å²) >= 11 is 0. The van der Waals surface area contributed by atoms with Crippen LogP contribution in [-0.4, -0.2) is 62.7 Å². The van der Waals surface area contributed by atoms with Gasteiger partial charge in [0.25, 0.3) is 0 Å². The minimum atomic E-state index is -0.0220. The number of aromatic nitrogens is 4. The number of anilines is 1. The summed E-state index contributed by atoms with van der Waals surface area (Å²) < 4.78 is 1.95. The van der Waals surface area contributed by atoms with E-state index >= 15 is 0 Å². The van der Waals surface area contributed by atoms with Crippen molar-refractivity contribution in [1.82, 2.24) is 29.7 Å². The maximum Gasteiger partial charge on any atom is 0.317 e. The molecule has 1 N–H and O–H groups in total. The van der Waals surface area contributed by atoms with Crippen LogP contribution < -0.4 is 10.2 Å².